The zero-order chi connectivity index (χ0) is 17.4. The first-order chi connectivity index (χ1) is 12.1. The van der Waals surface area contributed by atoms with Crippen LogP contribution in [-0.2, 0) is 13.6 Å². The molecule has 0 spiro atoms. The van der Waals surface area contributed by atoms with Gasteiger partial charge in [0, 0.05) is 26.1 Å². The summed E-state index contributed by atoms with van der Waals surface area (Å²) in [5.74, 6) is 0.718. The van der Waals surface area contributed by atoms with Crippen LogP contribution in [0.25, 0.3) is 11.0 Å². The Morgan fingerprint density at radius 3 is 2.68 bits per heavy atom. The first-order valence-corrected chi connectivity index (χ1v) is 8.58. The highest BCUT2D eigenvalue weighted by atomic mass is 16.4. The number of carboxylic acid groups (broad SMARTS) is 1. The molecule has 5 heteroatoms. The molecule has 1 atom stereocenters. The fraction of sp³-hybridized carbons (Fsp3) is 0.300. The van der Waals surface area contributed by atoms with Gasteiger partial charge in [0.05, 0.1) is 16.6 Å². The van der Waals surface area contributed by atoms with Crippen molar-refractivity contribution in [2.45, 2.75) is 18.9 Å². The molecule has 0 radical (unpaired) electrons. The van der Waals surface area contributed by atoms with E-state index in [1.165, 1.54) is 5.52 Å². The predicted octanol–water partition coefficient (Wildman–Crippen LogP) is 3.26. The minimum atomic E-state index is -0.880. The molecule has 1 aromatic heterocycles. The van der Waals surface area contributed by atoms with Crippen molar-refractivity contribution >= 4 is 17.0 Å². The van der Waals surface area contributed by atoms with Gasteiger partial charge in [0.15, 0.2) is 0 Å². The van der Waals surface area contributed by atoms with E-state index >= 15 is 0 Å². The third kappa shape index (κ3) is 3.03. The van der Waals surface area contributed by atoms with Crippen molar-refractivity contribution in [3.63, 3.8) is 0 Å². The number of likely N-dealkylation sites (tertiary alicyclic amines) is 1. The smallest absolute Gasteiger partial charge is 0.335 e. The van der Waals surface area contributed by atoms with E-state index in [0.29, 0.717) is 11.5 Å². The van der Waals surface area contributed by atoms with Crippen LogP contribution < -0.4 is 0 Å². The lowest BCUT2D eigenvalue weighted by Gasteiger charge is -2.16. The number of para-hydroxylation sites is 2. The van der Waals surface area contributed by atoms with Gasteiger partial charge in [-0.2, -0.15) is 0 Å². The van der Waals surface area contributed by atoms with Gasteiger partial charge in [0.1, 0.15) is 5.82 Å². The minimum Gasteiger partial charge on any atom is -0.478 e. The normalized spacial score (nSPS) is 18.0. The number of carboxylic acids is 1. The summed E-state index contributed by atoms with van der Waals surface area (Å²) in [6.45, 7) is 2.87. The Hall–Kier alpha value is -2.66. The summed E-state index contributed by atoms with van der Waals surface area (Å²) in [4.78, 5) is 18.2. The molecule has 25 heavy (non-hydrogen) atoms. The topological polar surface area (TPSA) is 58.4 Å². The Balaban J connectivity index is 1.47. The Bertz CT molecular complexity index is 914. The predicted molar refractivity (Wildman–Crippen MR) is 96.8 cm³/mol. The molecule has 1 aliphatic heterocycles. The molecule has 4 rings (SSSR count). The number of carbonyl (C=O) groups is 1. The van der Waals surface area contributed by atoms with E-state index in [1.54, 1.807) is 12.1 Å². The molecular formula is C20H21N3O2. The highest BCUT2D eigenvalue weighted by molar-refractivity contribution is 5.87. The minimum absolute atomic E-state index is 0.336. The van der Waals surface area contributed by atoms with E-state index in [0.717, 1.165) is 43.0 Å². The zero-order valence-corrected chi connectivity index (χ0v) is 14.2. The number of hydrogen-bond acceptors (Lipinski definition) is 3. The summed E-state index contributed by atoms with van der Waals surface area (Å²) in [6, 6.07) is 15.4. The SMILES string of the molecule is Cn1c(C2CCN(Cc3ccc(C(=O)O)cc3)C2)nc2ccccc21. The van der Waals surface area contributed by atoms with Crippen LogP contribution in [0.3, 0.4) is 0 Å². The van der Waals surface area contributed by atoms with Crippen LogP contribution in [0.1, 0.15) is 34.1 Å². The van der Waals surface area contributed by atoms with Gasteiger partial charge in [-0.15, -0.1) is 0 Å². The number of benzene rings is 2. The number of aromatic carboxylic acids is 1. The van der Waals surface area contributed by atoms with Crippen LogP contribution in [0.15, 0.2) is 48.5 Å². The number of aromatic nitrogens is 2. The number of rotatable bonds is 4. The molecular weight excluding hydrogens is 314 g/mol. The summed E-state index contributed by atoms with van der Waals surface area (Å²) in [5, 5.41) is 8.99. The molecule has 0 bridgehead atoms. The van der Waals surface area contributed by atoms with Crippen molar-refractivity contribution in [1.29, 1.82) is 0 Å². The maximum atomic E-state index is 10.9. The Kier molecular flexibility index (Phi) is 4.01. The van der Waals surface area contributed by atoms with E-state index in [4.69, 9.17) is 10.1 Å². The summed E-state index contributed by atoms with van der Waals surface area (Å²) in [6.07, 6.45) is 1.10. The Morgan fingerprint density at radius 2 is 1.96 bits per heavy atom. The van der Waals surface area contributed by atoms with Gasteiger partial charge >= 0.3 is 5.97 Å². The van der Waals surface area contributed by atoms with Gasteiger partial charge in [0.25, 0.3) is 0 Å². The van der Waals surface area contributed by atoms with Crippen LogP contribution in [0.2, 0.25) is 0 Å². The lowest BCUT2D eigenvalue weighted by molar-refractivity contribution is 0.0697. The monoisotopic (exact) mass is 335 g/mol. The van der Waals surface area contributed by atoms with Crippen molar-refractivity contribution in [3.8, 4) is 0 Å². The third-order valence-electron chi connectivity index (χ3n) is 5.07. The maximum Gasteiger partial charge on any atom is 0.335 e. The molecule has 1 unspecified atom stereocenters. The first kappa shape index (κ1) is 15.8. The molecule has 1 fully saturated rings. The maximum absolute atomic E-state index is 10.9. The Labute approximate surface area is 146 Å². The molecule has 5 nitrogen and oxygen atoms in total. The number of fused-ring (bicyclic) bond motifs is 1. The summed E-state index contributed by atoms with van der Waals surface area (Å²) in [7, 11) is 2.10. The van der Waals surface area contributed by atoms with Gasteiger partial charge < -0.3 is 9.67 Å². The van der Waals surface area contributed by atoms with Gasteiger partial charge in [-0.25, -0.2) is 9.78 Å². The van der Waals surface area contributed by atoms with Crippen molar-refractivity contribution in [1.82, 2.24) is 14.5 Å². The van der Waals surface area contributed by atoms with Crippen LogP contribution in [0, 0.1) is 0 Å². The largest absolute Gasteiger partial charge is 0.478 e. The van der Waals surface area contributed by atoms with Crippen LogP contribution >= 0.6 is 0 Å². The zero-order valence-electron chi connectivity index (χ0n) is 14.2. The van der Waals surface area contributed by atoms with Crippen LogP contribution in [-0.4, -0.2) is 38.6 Å². The number of nitrogens with zero attached hydrogens (tertiary/aromatic N) is 3. The molecule has 2 aromatic carbocycles. The van der Waals surface area contributed by atoms with Gasteiger partial charge in [0.2, 0.25) is 0 Å². The molecule has 0 amide bonds. The van der Waals surface area contributed by atoms with Crippen LogP contribution in [0.5, 0.6) is 0 Å². The first-order valence-electron chi connectivity index (χ1n) is 8.58. The Morgan fingerprint density at radius 1 is 1.20 bits per heavy atom. The standard InChI is InChI=1S/C20H21N3O2/c1-22-18-5-3-2-4-17(18)21-19(22)16-10-11-23(13-16)12-14-6-8-15(9-7-14)20(24)25/h2-9,16H,10-13H2,1H3,(H,24,25). The molecule has 1 aliphatic rings. The summed E-state index contributed by atoms with van der Waals surface area (Å²) >= 11 is 0. The average Bonchev–Trinajstić information content (AvgIpc) is 3.20. The second kappa shape index (κ2) is 6.33. The van der Waals surface area contributed by atoms with Crippen molar-refractivity contribution in [2.75, 3.05) is 13.1 Å². The fourth-order valence-corrected chi connectivity index (χ4v) is 3.73. The average molecular weight is 335 g/mol. The van der Waals surface area contributed by atoms with Crippen molar-refractivity contribution in [3.05, 3.63) is 65.5 Å². The lowest BCUT2D eigenvalue weighted by atomic mass is 10.1. The van der Waals surface area contributed by atoms with E-state index in [2.05, 4.69) is 34.7 Å². The quantitative estimate of drug-likeness (QED) is 0.795. The third-order valence-corrected chi connectivity index (χ3v) is 5.07. The van der Waals surface area contributed by atoms with Crippen molar-refractivity contribution < 1.29 is 9.90 Å². The second-order valence-electron chi connectivity index (χ2n) is 6.74. The van der Waals surface area contributed by atoms with Gasteiger partial charge in [-0.3, -0.25) is 4.90 Å². The lowest BCUT2D eigenvalue weighted by Crippen LogP contribution is -2.20. The molecule has 3 aromatic rings. The second-order valence-corrected chi connectivity index (χ2v) is 6.74. The van der Waals surface area contributed by atoms with Gasteiger partial charge in [-0.1, -0.05) is 24.3 Å². The van der Waals surface area contributed by atoms with E-state index in [9.17, 15) is 4.79 Å². The highest BCUT2D eigenvalue weighted by Crippen LogP contribution is 2.29. The molecule has 128 valence electrons. The summed E-state index contributed by atoms with van der Waals surface area (Å²) in [5.41, 5.74) is 3.72. The number of hydrogen-bond donors (Lipinski definition) is 1. The van der Waals surface area contributed by atoms with Crippen molar-refractivity contribution in [2.24, 2.45) is 7.05 Å². The van der Waals surface area contributed by atoms with E-state index in [1.807, 2.05) is 18.2 Å². The molecule has 1 N–H and O–H groups in total. The molecule has 0 saturated carbocycles. The molecule has 2 heterocycles. The molecule has 0 aliphatic carbocycles. The number of imidazole rings is 1. The fourth-order valence-electron chi connectivity index (χ4n) is 3.73. The molecule has 1 saturated heterocycles. The van der Waals surface area contributed by atoms with E-state index in [-0.39, 0.29) is 0 Å². The van der Waals surface area contributed by atoms with Gasteiger partial charge in [-0.05, 0) is 42.8 Å². The highest BCUT2D eigenvalue weighted by Gasteiger charge is 2.27. The van der Waals surface area contributed by atoms with Crippen LogP contribution in [0.4, 0.5) is 0 Å². The number of aryl methyl sites for hydroxylation is 1. The van der Waals surface area contributed by atoms with E-state index < -0.39 is 5.97 Å². The summed E-state index contributed by atoms with van der Waals surface area (Å²) < 4.78 is 2.21.